The zero-order valence-corrected chi connectivity index (χ0v) is 30.2. The number of carbonyl (C=O) groups is 2. The molecule has 0 N–H and O–H groups in total. The van der Waals surface area contributed by atoms with Crippen LogP contribution in [0, 0.1) is 7.14 Å². The zero-order valence-electron chi connectivity index (χ0n) is 25.1. The molecule has 0 fully saturated rings. The first-order valence-electron chi connectivity index (χ1n) is 13.8. The minimum Gasteiger partial charge on any atom is -0.493 e. The minimum atomic E-state index is -0.798. The van der Waals surface area contributed by atoms with E-state index in [-0.39, 0.29) is 37.1 Å². The third kappa shape index (κ3) is 7.47. The van der Waals surface area contributed by atoms with Crippen molar-refractivity contribution >= 4 is 74.5 Å². The van der Waals surface area contributed by atoms with Crippen molar-refractivity contribution in [3.63, 3.8) is 0 Å². The number of hydrogen-bond acceptors (Lipinski definition) is 10. The summed E-state index contributed by atoms with van der Waals surface area (Å²) in [6.07, 6.45) is 1.71. The first kappa shape index (κ1) is 34.0. The number of halogens is 2. The molecule has 1 aromatic heterocycles. The summed E-state index contributed by atoms with van der Waals surface area (Å²) in [4.78, 5) is 44.2. The Hall–Kier alpha value is -2.92. The topological polar surface area (TPSA) is 115 Å². The van der Waals surface area contributed by atoms with E-state index in [2.05, 4.69) is 50.2 Å². The molecule has 13 heteroatoms. The van der Waals surface area contributed by atoms with Crippen LogP contribution >= 0.6 is 56.5 Å². The molecule has 1 aliphatic rings. The van der Waals surface area contributed by atoms with Gasteiger partial charge in [0.2, 0.25) is 0 Å². The van der Waals surface area contributed by atoms with Gasteiger partial charge in [0.05, 0.1) is 55.4 Å². The maximum absolute atomic E-state index is 14.0. The Kier molecular flexibility index (Phi) is 11.5. The monoisotopic (exact) mass is 846 g/mol. The second-order valence-corrected chi connectivity index (χ2v) is 13.1. The van der Waals surface area contributed by atoms with Crippen LogP contribution in [0.5, 0.6) is 17.2 Å². The number of carbonyl (C=O) groups excluding carboxylic acids is 2. The molecule has 0 amide bonds. The molecule has 1 atom stereocenters. The molecule has 1 aliphatic heterocycles. The van der Waals surface area contributed by atoms with E-state index in [0.717, 1.165) is 12.7 Å². The number of ether oxygens (including phenoxy) is 5. The number of benzene rings is 2. The second kappa shape index (κ2) is 14.9. The van der Waals surface area contributed by atoms with Crippen molar-refractivity contribution in [2.24, 2.45) is 4.99 Å². The molecule has 4 rings (SSSR count). The fraction of sp³-hybridized carbons (Fsp3) is 0.355. The minimum absolute atomic E-state index is 0.0750. The predicted molar refractivity (Wildman–Crippen MR) is 183 cm³/mol. The molecule has 0 bridgehead atoms. The van der Waals surface area contributed by atoms with Gasteiger partial charge in [-0.25, -0.2) is 14.6 Å². The lowest BCUT2D eigenvalue weighted by atomic mass is 9.95. The highest BCUT2D eigenvalue weighted by atomic mass is 127. The van der Waals surface area contributed by atoms with Crippen LogP contribution in [0.1, 0.15) is 51.8 Å². The van der Waals surface area contributed by atoms with Gasteiger partial charge in [0.25, 0.3) is 5.56 Å². The molecule has 0 aliphatic carbocycles. The largest absolute Gasteiger partial charge is 0.493 e. The third-order valence-corrected chi connectivity index (χ3v) is 8.93. The Balaban J connectivity index is 1.83. The number of rotatable bonds is 11. The first-order chi connectivity index (χ1) is 21.0. The average Bonchev–Trinajstić information content (AvgIpc) is 3.25. The van der Waals surface area contributed by atoms with E-state index < -0.39 is 18.0 Å². The van der Waals surface area contributed by atoms with Crippen molar-refractivity contribution < 1.29 is 33.3 Å². The van der Waals surface area contributed by atoms with Crippen LogP contribution < -0.4 is 29.1 Å². The van der Waals surface area contributed by atoms with Crippen molar-refractivity contribution in [3.8, 4) is 17.2 Å². The number of esters is 2. The van der Waals surface area contributed by atoms with Gasteiger partial charge < -0.3 is 23.7 Å². The molecule has 0 unspecified atom stereocenters. The second-order valence-electron chi connectivity index (χ2n) is 9.79. The number of fused-ring (bicyclic) bond motifs is 1. The molecule has 3 aromatic rings. The van der Waals surface area contributed by atoms with Gasteiger partial charge in [0.1, 0.15) is 5.75 Å². The molecule has 0 radical (unpaired) electrons. The Morgan fingerprint density at radius 2 is 1.75 bits per heavy atom. The van der Waals surface area contributed by atoms with Crippen molar-refractivity contribution in [1.29, 1.82) is 0 Å². The predicted octanol–water partition coefficient (Wildman–Crippen LogP) is 4.75. The fourth-order valence-electron chi connectivity index (χ4n) is 4.60. The Bertz CT molecular complexity index is 1770. The number of allylic oxidation sites excluding steroid dienone is 1. The summed E-state index contributed by atoms with van der Waals surface area (Å²) >= 11 is 5.50. The molecular formula is C31H32I2N2O8S. The van der Waals surface area contributed by atoms with Crippen LogP contribution in [0.4, 0.5) is 0 Å². The molecule has 2 aromatic carbocycles. The molecule has 0 saturated carbocycles. The summed E-state index contributed by atoms with van der Waals surface area (Å²) in [6, 6.07) is 8.31. The van der Waals surface area contributed by atoms with Crippen molar-refractivity contribution in [2.45, 2.75) is 46.8 Å². The summed E-state index contributed by atoms with van der Waals surface area (Å²) in [5.74, 6) is 0.598. The Morgan fingerprint density at radius 3 is 2.36 bits per heavy atom. The average molecular weight is 846 g/mol. The quantitative estimate of drug-likeness (QED) is 0.201. The van der Waals surface area contributed by atoms with Crippen LogP contribution in [0.25, 0.3) is 6.08 Å². The lowest BCUT2D eigenvalue weighted by Gasteiger charge is -2.25. The van der Waals surface area contributed by atoms with Gasteiger partial charge in [-0.3, -0.25) is 9.36 Å². The molecule has 44 heavy (non-hydrogen) atoms. The van der Waals surface area contributed by atoms with Crippen LogP contribution in [0.15, 0.2) is 51.4 Å². The van der Waals surface area contributed by atoms with Crippen molar-refractivity contribution in [3.05, 3.63) is 79.6 Å². The molecule has 234 valence electrons. The summed E-state index contributed by atoms with van der Waals surface area (Å²) in [5.41, 5.74) is 1.85. The highest BCUT2D eigenvalue weighted by molar-refractivity contribution is 14.1. The lowest BCUT2D eigenvalue weighted by Crippen LogP contribution is -2.40. The molecule has 0 spiro atoms. The highest BCUT2D eigenvalue weighted by Crippen LogP contribution is 2.36. The van der Waals surface area contributed by atoms with E-state index in [1.807, 2.05) is 32.0 Å². The van der Waals surface area contributed by atoms with Gasteiger partial charge in [-0.15, -0.1) is 0 Å². The van der Waals surface area contributed by atoms with E-state index in [9.17, 15) is 14.4 Å². The van der Waals surface area contributed by atoms with Gasteiger partial charge >= 0.3 is 11.9 Å². The normalized spacial score (nSPS) is 14.7. The van der Waals surface area contributed by atoms with Gasteiger partial charge in [-0.05, 0) is 121 Å². The van der Waals surface area contributed by atoms with Crippen molar-refractivity contribution in [2.75, 3.05) is 26.9 Å². The summed E-state index contributed by atoms with van der Waals surface area (Å²) in [5, 5.41) is 0. The Morgan fingerprint density at radius 1 is 1.07 bits per heavy atom. The van der Waals surface area contributed by atoms with Crippen LogP contribution in [0.3, 0.4) is 0 Å². The molecule has 0 saturated heterocycles. The van der Waals surface area contributed by atoms with Crippen LogP contribution in [0.2, 0.25) is 0 Å². The van der Waals surface area contributed by atoms with E-state index >= 15 is 0 Å². The summed E-state index contributed by atoms with van der Waals surface area (Å²) < 4.78 is 31.1. The first-order valence-corrected chi connectivity index (χ1v) is 16.8. The smallest absolute Gasteiger partial charge is 0.344 e. The standard InChI is InChI=1S/C31H32I2N2O8S/c1-7-40-25(36)15-42-28-20(32)11-18(12-21(28)33)13-24-29(37)35-27(19-9-10-22(43-16(3)4)23(14-19)39-6)26(30(38)41-8-2)17(5)34-31(35)44-24/h9-14,16,27H,7-8,15H2,1-6H3/b24-13-/t27-/m0/s1. The SMILES string of the molecule is CCOC(=O)COc1c(I)cc(/C=c2\sc3n(c2=O)[C@@H](c2ccc(OC(C)C)c(OC)c2)C(C(=O)OCC)=C(C)N=3)cc1I. The lowest BCUT2D eigenvalue weighted by molar-refractivity contribution is -0.145. The van der Waals surface area contributed by atoms with Gasteiger partial charge in [0, 0.05) is 0 Å². The number of methoxy groups -OCH3 is 1. The number of hydrogen-bond donors (Lipinski definition) is 0. The maximum Gasteiger partial charge on any atom is 0.344 e. The van der Waals surface area contributed by atoms with E-state index in [1.54, 1.807) is 46.1 Å². The van der Waals surface area contributed by atoms with Gasteiger partial charge in [0.15, 0.2) is 22.9 Å². The van der Waals surface area contributed by atoms with E-state index in [0.29, 0.717) is 37.8 Å². The number of aromatic nitrogens is 1. The van der Waals surface area contributed by atoms with Crippen LogP contribution in [-0.4, -0.2) is 49.5 Å². The van der Waals surface area contributed by atoms with Crippen LogP contribution in [-0.2, 0) is 19.1 Å². The third-order valence-electron chi connectivity index (χ3n) is 6.34. The maximum atomic E-state index is 14.0. The van der Waals surface area contributed by atoms with Crippen molar-refractivity contribution in [1.82, 2.24) is 4.57 Å². The summed E-state index contributed by atoms with van der Waals surface area (Å²) in [6.45, 7) is 9.30. The van der Waals surface area contributed by atoms with E-state index in [4.69, 9.17) is 23.7 Å². The molecular weight excluding hydrogens is 814 g/mol. The Labute approximate surface area is 286 Å². The zero-order chi connectivity index (χ0) is 32.1. The summed E-state index contributed by atoms with van der Waals surface area (Å²) in [7, 11) is 1.54. The highest BCUT2D eigenvalue weighted by Gasteiger charge is 2.34. The number of nitrogens with zero attached hydrogens (tertiary/aromatic N) is 2. The molecule has 10 nitrogen and oxygen atoms in total. The number of thiazole rings is 1. The molecule has 2 heterocycles. The van der Waals surface area contributed by atoms with Gasteiger partial charge in [-0.1, -0.05) is 17.4 Å². The van der Waals surface area contributed by atoms with E-state index in [1.165, 1.54) is 15.9 Å². The fourth-order valence-corrected chi connectivity index (χ4v) is 7.77. The van der Waals surface area contributed by atoms with Gasteiger partial charge in [-0.2, -0.15) is 0 Å².